The molecule has 1 aromatic rings. The van der Waals surface area contributed by atoms with Gasteiger partial charge in [0.25, 0.3) is 0 Å². The van der Waals surface area contributed by atoms with Crippen molar-refractivity contribution in [1.82, 2.24) is 5.32 Å². The second-order valence-corrected chi connectivity index (χ2v) is 4.98. The van der Waals surface area contributed by atoms with Gasteiger partial charge in [0.2, 0.25) is 0 Å². The average Bonchev–Trinajstić information content (AvgIpc) is 2.30. The lowest BCUT2D eigenvalue weighted by Crippen LogP contribution is -2.32. The summed E-state index contributed by atoms with van der Waals surface area (Å²) in [6, 6.07) is 5.88. The molecular formula is C15H22F3N. The molecule has 4 heteroatoms. The Morgan fingerprint density at radius 2 is 1.74 bits per heavy atom. The molecule has 0 bridgehead atoms. The minimum absolute atomic E-state index is 0.119. The van der Waals surface area contributed by atoms with Crippen LogP contribution in [0.4, 0.5) is 13.2 Å². The van der Waals surface area contributed by atoms with E-state index in [-0.39, 0.29) is 12.5 Å². The first-order valence-electron chi connectivity index (χ1n) is 6.68. The van der Waals surface area contributed by atoms with Crippen molar-refractivity contribution in [3.63, 3.8) is 0 Å². The van der Waals surface area contributed by atoms with Gasteiger partial charge in [0.1, 0.15) is 0 Å². The van der Waals surface area contributed by atoms with Gasteiger partial charge in [-0.05, 0) is 49.9 Å². The molecule has 1 nitrogen and oxygen atoms in total. The van der Waals surface area contributed by atoms with E-state index in [2.05, 4.69) is 5.32 Å². The second-order valence-electron chi connectivity index (χ2n) is 4.98. The van der Waals surface area contributed by atoms with E-state index in [0.717, 1.165) is 16.7 Å². The molecule has 19 heavy (non-hydrogen) atoms. The molecular weight excluding hydrogens is 251 g/mol. The Morgan fingerprint density at radius 1 is 1.16 bits per heavy atom. The second kappa shape index (κ2) is 6.94. The van der Waals surface area contributed by atoms with Crippen molar-refractivity contribution < 1.29 is 13.2 Å². The fourth-order valence-corrected chi connectivity index (χ4v) is 2.32. The standard InChI is InChI=1S/C15H22F3N/c1-4-19-13(8-9-15(16,17)18)10-14-11(2)6-5-7-12(14)3/h5-7,13,19H,4,8-10H2,1-3H3. The van der Waals surface area contributed by atoms with Crippen LogP contribution in [0.1, 0.15) is 36.5 Å². The van der Waals surface area contributed by atoms with Gasteiger partial charge in [-0.15, -0.1) is 0 Å². The van der Waals surface area contributed by atoms with E-state index >= 15 is 0 Å². The number of alkyl halides is 3. The molecule has 0 aliphatic carbocycles. The van der Waals surface area contributed by atoms with E-state index in [1.54, 1.807) is 0 Å². The lowest BCUT2D eigenvalue weighted by atomic mass is 9.94. The molecule has 0 aromatic heterocycles. The third kappa shape index (κ3) is 5.64. The van der Waals surface area contributed by atoms with E-state index in [0.29, 0.717) is 13.0 Å². The summed E-state index contributed by atoms with van der Waals surface area (Å²) >= 11 is 0. The topological polar surface area (TPSA) is 12.0 Å². The number of aryl methyl sites for hydroxylation is 2. The molecule has 0 spiro atoms. The summed E-state index contributed by atoms with van der Waals surface area (Å²) in [5.41, 5.74) is 3.46. The van der Waals surface area contributed by atoms with E-state index in [9.17, 15) is 13.2 Å². The highest BCUT2D eigenvalue weighted by molar-refractivity contribution is 5.34. The van der Waals surface area contributed by atoms with Gasteiger partial charge in [-0.2, -0.15) is 13.2 Å². The average molecular weight is 273 g/mol. The Balaban J connectivity index is 2.72. The molecule has 0 heterocycles. The smallest absolute Gasteiger partial charge is 0.314 e. The number of nitrogens with one attached hydrogen (secondary N) is 1. The van der Waals surface area contributed by atoms with Crippen LogP contribution in [0.15, 0.2) is 18.2 Å². The van der Waals surface area contributed by atoms with Crippen LogP contribution in [0.25, 0.3) is 0 Å². The zero-order valence-electron chi connectivity index (χ0n) is 11.8. The number of rotatable bonds is 6. The Bertz CT molecular complexity index is 379. The van der Waals surface area contributed by atoms with E-state index in [4.69, 9.17) is 0 Å². The Labute approximate surface area is 113 Å². The molecule has 1 N–H and O–H groups in total. The summed E-state index contributed by atoms with van der Waals surface area (Å²) in [6.45, 7) is 6.63. The number of benzene rings is 1. The van der Waals surface area contributed by atoms with Gasteiger partial charge >= 0.3 is 6.18 Å². The molecule has 1 unspecified atom stereocenters. The first-order chi connectivity index (χ1) is 8.83. The first-order valence-corrected chi connectivity index (χ1v) is 6.68. The molecule has 0 aliphatic heterocycles. The summed E-state index contributed by atoms with van der Waals surface area (Å²) < 4.78 is 37.0. The van der Waals surface area contributed by atoms with Crippen LogP contribution in [0.3, 0.4) is 0 Å². The Kier molecular flexibility index (Phi) is 5.85. The molecule has 0 amide bonds. The molecule has 1 rings (SSSR count). The summed E-state index contributed by atoms with van der Waals surface area (Å²) in [5, 5.41) is 3.16. The Morgan fingerprint density at radius 3 is 2.21 bits per heavy atom. The molecule has 0 saturated heterocycles. The minimum atomic E-state index is -4.07. The number of halogens is 3. The van der Waals surface area contributed by atoms with E-state index < -0.39 is 12.6 Å². The van der Waals surface area contributed by atoms with Crippen LogP contribution in [-0.2, 0) is 6.42 Å². The fraction of sp³-hybridized carbons (Fsp3) is 0.600. The lowest BCUT2D eigenvalue weighted by Gasteiger charge is -2.21. The fourth-order valence-electron chi connectivity index (χ4n) is 2.32. The molecule has 1 atom stereocenters. The molecule has 108 valence electrons. The van der Waals surface area contributed by atoms with Crippen LogP contribution in [-0.4, -0.2) is 18.8 Å². The summed E-state index contributed by atoms with van der Waals surface area (Å²) in [5.74, 6) is 0. The highest BCUT2D eigenvalue weighted by atomic mass is 19.4. The maximum Gasteiger partial charge on any atom is 0.389 e. The van der Waals surface area contributed by atoms with Crippen molar-refractivity contribution in [2.75, 3.05) is 6.54 Å². The lowest BCUT2D eigenvalue weighted by molar-refractivity contribution is -0.136. The molecule has 0 aliphatic rings. The van der Waals surface area contributed by atoms with Crippen LogP contribution < -0.4 is 5.32 Å². The molecule has 0 saturated carbocycles. The zero-order chi connectivity index (χ0) is 14.5. The van der Waals surface area contributed by atoms with Gasteiger partial charge < -0.3 is 5.32 Å². The van der Waals surface area contributed by atoms with Crippen LogP contribution in [0.2, 0.25) is 0 Å². The van der Waals surface area contributed by atoms with Crippen molar-refractivity contribution in [3.8, 4) is 0 Å². The number of hydrogen-bond acceptors (Lipinski definition) is 1. The molecule has 0 fully saturated rings. The van der Waals surface area contributed by atoms with Crippen molar-refractivity contribution in [3.05, 3.63) is 34.9 Å². The van der Waals surface area contributed by atoms with Gasteiger partial charge in [-0.25, -0.2) is 0 Å². The summed E-state index contributed by atoms with van der Waals surface area (Å²) in [4.78, 5) is 0. The van der Waals surface area contributed by atoms with Gasteiger partial charge in [0.15, 0.2) is 0 Å². The van der Waals surface area contributed by atoms with E-state index in [1.165, 1.54) is 0 Å². The predicted molar refractivity (Wildman–Crippen MR) is 72.4 cm³/mol. The van der Waals surface area contributed by atoms with Gasteiger partial charge in [0, 0.05) is 12.5 Å². The van der Waals surface area contributed by atoms with Crippen molar-refractivity contribution in [1.29, 1.82) is 0 Å². The normalized spacial score (nSPS) is 13.6. The predicted octanol–water partition coefficient (Wildman–Crippen LogP) is 4.17. The number of hydrogen-bond donors (Lipinski definition) is 1. The van der Waals surface area contributed by atoms with Crippen LogP contribution >= 0.6 is 0 Å². The monoisotopic (exact) mass is 273 g/mol. The summed E-state index contributed by atoms with van der Waals surface area (Å²) in [7, 11) is 0. The van der Waals surface area contributed by atoms with Crippen molar-refractivity contribution in [2.45, 2.75) is 52.3 Å². The van der Waals surface area contributed by atoms with Gasteiger partial charge in [0.05, 0.1) is 0 Å². The van der Waals surface area contributed by atoms with Crippen molar-refractivity contribution >= 4 is 0 Å². The zero-order valence-corrected chi connectivity index (χ0v) is 11.8. The SMILES string of the molecule is CCNC(CCC(F)(F)F)Cc1c(C)cccc1C. The van der Waals surface area contributed by atoms with Crippen LogP contribution in [0, 0.1) is 13.8 Å². The van der Waals surface area contributed by atoms with Crippen molar-refractivity contribution in [2.24, 2.45) is 0 Å². The highest BCUT2D eigenvalue weighted by Gasteiger charge is 2.28. The number of likely N-dealkylation sites (N-methyl/N-ethyl adjacent to an activating group) is 1. The minimum Gasteiger partial charge on any atom is -0.314 e. The van der Waals surface area contributed by atoms with E-state index in [1.807, 2.05) is 39.0 Å². The quantitative estimate of drug-likeness (QED) is 0.820. The molecule has 1 aromatic carbocycles. The van der Waals surface area contributed by atoms with Gasteiger partial charge in [-0.1, -0.05) is 25.1 Å². The largest absolute Gasteiger partial charge is 0.389 e. The Hall–Kier alpha value is -1.03. The maximum absolute atomic E-state index is 12.3. The summed E-state index contributed by atoms with van der Waals surface area (Å²) in [6.07, 6.45) is -4.02. The molecule has 0 radical (unpaired) electrons. The third-order valence-electron chi connectivity index (χ3n) is 3.36. The highest BCUT2D eigenvalue weighted by Crippen LogP contribution is 2.24. The third-order valence-corrected chi connectivity index (χ3v) is 3.36. The van der Waals surface area contributed by atoms with Crippen LogP contribution in [0.5, 0.6) is 0 Å². The van der Waals surface area contributed by atoms with Gasteiger partial charge in [-0.3, -0.25) is 0 Å². The maximum atomic E-state index is 12.3. The first kappa shape index (κ1) is 16.0.